The Balaban J connectivity index is 2.54. The molecule has 0 saturated heterocycles. The Morgan fingerprint density at radius 3 is 2.53 bits per heavy atom. The second-order valence-electron chi connectivity index (χ2n) is 3.03. The highest BCUT2D eigenvalue weighted by Gasteiger charge is 2.15. The van der Waals surface area contributed by atoms with Crippen LogP contribution in [0.5, 0.6) is 0 Å². The number of aryl methyl sites for hydroxylation is 1. The Morgan fingerprint density at radius 2 is 2.07 bits per heavy atom. The van der Waals surface area contributed by atoms with Gasteiger partial charge in [0, 0.05) is 7.05 Å². The number of rotatable bonds is 1. The van der Waals surface area contributed by atoms with E-state index in [9.17, 15) is 8.78 Å². The van der Waals surface area contributed by atoms with Gasteiger partial charge in [-0.05, 0) is 12.1 Å². The molecule has 0 aromatic carbocycles. The molecule has 6 heteroatoms. The van der Waals surface area contributed by atoms with Gasteiger partial charge in [-0.25, -0.2) is 13.5 Å². The molecule has 2 aromatic heterocycles. The normalized spacial score (nSPS) is 10.6. The van der Waals surface area contributed by atoms with Crippen molar-refractivity contribution in [3.05, 3.63) is 30.0 Å². The molecule has 0 unspecified atom stereocenters. The van der Waals surface area contributed by atoms with Gasteiger partial charge in [0.1, 0.15) is 11.5 Å². The van der Waals surface area contributed by atoms with E-state index in [1.807, 2.05) is 0 Å². The number of nitrogens with zero attached hydrogens (tertiary/aromatic N) is 3. The van der Waals surface area contributed by atoms with E-state index in [1.165, 1.54) is 23.9 Å². The van der Waals surface area contributed by atoms with E-state index in [0.29, 0.717) is 0 Å². The molecule has 2 aromatic rings. The van der Waals surface area contributed by atoms with Crippen LogP contribution in [0.4, 0.5) is 14.6 Å². The fourth-order valence-electron chi connectivity index (χ4n) is 1.19. The smallest absolute Gasteiger partial charge is 0.194 e. The van der Waals surface area contributed by atoms with Gasteiger partial charge in [-0.3, -0.25) is 4.98 Å². The van der Waals surface area contributed by atoms with Gasteiger partial charge < -0.3 is 5.73 Å². The molecule has 0 spiro atoms. The summed E-state index contributed by atoms with van der Waals surface area (Å²) in [7, 11) is 1.52. The number of aromatic nitrogens is 3. The zero-order valence-electron chi connectivity index (χ0n) is 7.91. The van der Waals surface area contributed by atoms with Gasteiger partial charge in [0.2, 0.25) is 0 Å². The fourth-order valence-corrected chi connectivity index (χ4v) is 1.19. The van der Waals surface area contributed by atoms with Crippen LogP contribution in [0.2, 0.25) is 0 Å². The zero-order valence-corrected chi connectivity index (χ0v) is 7.91. The third-order valence-electron chi connectivity index (χ3n) is 2.00. The molecule has 2 rings (SSSR count). The first-order chi connectivity index (χ1) is 7.09. The Bertz CT molecular complexity index is 490. The molecule has 0 atom stereocenters. The van der Waals surface area contributed by atoms with Gasteiger partial charge in [-0.15, -0.1) is 0 Å². The van der Waals surface area contributed by atoms with E-state index in [4.69, 9.17) is 5.73 Å². The van der Waals surface area contributed by atoms with Crippen molar-refractivity contribution in [2.75, 3.05) is 5.73 Å². The number of halogens is 2. The quantitative estimate of drug-likeness (QED) is 0.772. The van der Waals surface area contributed by atoms with Crippen LogP contribution in [0.1, 0.15) is 0 Å². The van der Waals surface area contributed by atoms with E-state index in [2.05, 4.69) is 10.1 Å². The summed E-state index contributed by atoms with van der Waals surface area (Å²) in [4.78, 5) is 3.72. The van der Waals surface area contributed by atoms with Gasteiger partial charge in [-0.1, -0.05) is 0 Å². The lowest BCUT2D eigenvalue weighted by Crippen LogP contribution is -1.97. The lowest BCUT2D eigenvalue weighted by atomic mass is 10.2. The van der Waals surface area contributed by atoms with E-state index in [-0.39, 0.29) is 17.2 Å². The monoisotopic (exact) mass is 210 g/mol. The molecule has 0 saturated carbocycles. The average molecular weight is 210 g/mol. The van der Waals surface area contributed by atoms with E-state index < -0.39 is 11.6 Å². The maximum absolute atomic E-state index is 13.5. The number of hydrogen-bond donors (Lipinski definition) is 1. The van der Waals surface area contributed by atoms with Crippen molar-refractivity contribution >= 4 is 5.82 Å². The van der Waals surface area contributed by atoms with Gasteiger partial charge >= 0.3 is 0 Å². The van der Waals surface area contributed by atoms with E-state index >= 15 is 0 Å². The minimum atomic E-state index is -0.642. The van der Waals surface area contributed by atoms with Crippen LogP contribution in [0.25, 0.3) is 11.4 Å². The zero-order chi connectivity index (χ0) is 11.0. The van der Waals surface area contributed by atoms with Crippen molar-refractivity contribution in [2.24, 2.45) is 7.05 Å². The molecule has 2 N–H and O–H groups in total. The molecule has 0 aliphatic carbocycles. The summed E-state index contributed by atoms with van der Waals surface area (Å²) in [6.45, 7) is 0. The maximum Gasteiger partial charge on any atom is 0.194 e. The summed E-state index contributed by atoms with van der Waals surface area (Å²) in [6, 6.07) is 2.53. The summed E-state index contributed by atoms with van der Waals surface area (Å²) in [5.74, 6) is -1.20. The maximum atomic E-state index is 13.5. The SMILES string of the molecule is Cn1nc(-c2ccc(F)cn2)c(F)c1N. The average Bonchev–Trinajstić information content (AvgIpc) is 2.47. The molecule has 4 nitrogen and oxygen atoms in total. The minimum absolute atomic E-state index is 0.0231. The highest BCUT2D eigenvalue weighted by atomic mass is 19.1. The summed E-state index contributed by atoms with van der Waals surface area (Å²) < 4.78 is 27.3. The highest BCUT2D eigenvalue weighted by Crippen LogP contribution is 2.22. The van der Waals surface area contributed by atoms with Crippen molar-refractivity contribution in [2.45, 2.75) is 0 Å². The van der Waals surface area contributed by atoms with Crippen molar-refractivity contribution in [3.8, 4) is 11.4 Å². The van der Waals surface area contributed by atoms with E-state index in [0.717, 1.165) is 6.20 Å². The second kappa shape index (κ2) is 3.30. The van der Waals surface area contributed by atoms with Crippen LogP contribution < -0.4 is 5.73 Å². The van der Waals surface area contributed by atoms with Crippen LogP contribution >= 0.6 is 0 Å². The number of hydrogen-bond acceptors (Lipinski definition) is 3. The first kappa shape index (κ1) is 9.57. The number of nitrogen functional groups attached to an aromatic ring is 1. The molecule has 0 bridgehead atoms. The first-order valence-electron chi connectivity index (χ1n) is 4.19. The van der Waals surface area contributed by atoms with Gasteiger partial charge in [0.15, 0.2) is 11.6 Å². The van der Waals surface area contributed by atoms with Crippen LogP contribution in [-0.2, 0) is 7.05 Å². The van der Waals surface area contributed by atoms with Crippen LogP contribution in [0, 0.1) is 11.6 Å². The third kappa shape index (κ3) is 1.54. The second-order valence-corrected chi connectivity index (χ2v) is 3.03. The Labute approximate surface area is 84.4 Å². The highest BCUT2D eigenvalue weighted by molar-refractivity contribution is 5.59. The van der Waals surface area contributed by atoms with Crippen molar-refractivity contribution in [1.29, 1.82) is 0 Å². The molecule has 0 aliphatic rings. The number of anilines is 1. The Morgan fingerprint density at radius 1 is 1.33 bits per heavy atom. The van der Waals surface area contributed by atoms with Gasteiger partial charge in [0.05, 0.1) is 11.9 Å². The molecule has 0 amide bonds. The first-order valence-corrected chi connectivity index (χ1v) is 4.19. The van der Waals surface area contributed by atoms with Crippen LogP contribution in [0.3, 0.4) is 0 Å². The fraction of sp³-hybridized carbons (Fsp3) is 0.111. The predicted octanol–water partition coefficient (Wildman–Crippen LogP) is 1.34. The summed E-state index contributed by atoms with van der Waals surface area (Å²) in [5.41, 5.74) is 5.67. The van der Waals surface area contributed by atoms with Gasteiger partial charge in [0.25, 0.3) is 0 Å². The van der Waals surface area contributed by atoms with Crippen LogP contribution in [-0.4, -0.2) is 14.8 Å². The molecular weight excluding hydrogens is 202 g/mol. The molecule has 15 heavy (non-hydrogen) atoms. The topological polar surface area (TPSA) is 56.7 Å². The standard InChI is InChI=1S/C9H8F2N4/c1-15-9(12)7(11)8(14-15)6-3-2-5(10)4-13-6/h2-4H,12H2,1H3. The molecule has 0 aliphatic heterocycles. The largest absolute Gasteiger partial charge is 0.381 e. The molecule has 0 fully saturated rings. The summed E-state index contributed by atoms with van der Waals surface area (Å²) in [5, 5.41) is 3.84. The number of pyridine rings is 1. The minimum Gasteiger partial charge on any atom is -0.381 e. The lowest BCUT2D eigenvalue weighted by molar-refractivity contribution is 0.620. The molecular formula is C9H8F2N4. The molecule has 2 heterocycles. The van der Waals surface area contributed by atoms with Crippen molar-refractivity contribution in [1.82, 2.24) is 14.8 Å². The van der Waals surface area contributed by atoms with Gasteiger partial charge in [-0.2, -0.15) is 5.10 Å². The van der Waals surface area contributed by atoms with E-state index in [1.54, 1.807) is 0 Å². The predicted molar refractivity (Wildman–Crippen MR) is 50.8 cm³/mol. The molecule has 0 radical (unpaired) electrons. The van der Waals surface area contributed by atoms with Crippen molar-refractivity contribution in [3.63, 3.8) is 0 Å². The van der Waals surface area contributed by atoms with Crippen molar-refractivity contribution < 1.29 is 8.78 Å². The number of nitrogens with two attached hydrogens (primary N) is 1. The molecule has 78 valence electrons. The third-order valence-corrected chi connectivity index (χ3v) is 2.00. The summed E-state index contributed by atoms with van der Waals surface area (Å²) in [6.07, 6.45) is 1.000. The Kier molecular flexibility index (Phi) is 2.11. The Hall–Kier alpha value is -1.98. The lowest BCUT2D eigenvalue weighted by Gasteiger charge is -1.94. The van der Waals surface area contributed by atoms with Crippen LogP contribution in [0.15, 0.2) is 18.3 Å². The summed E-state index contributed by atoms with van der Waals surface area (Å²) >= 11 is 0.